The molecule has 0 fully saturated rings. The Morgan fingerprint density at radius 2 is 2.25 bits per heavy atom. The summed E-state index contributed by atoms with van der Waals surface area (Å²) in [5.41, 5.74) is 2.62. The molecule has 1 aromatic carbocycles. The van der Waals surface area contributed by atoms with Gasteiger partial charge in [0, 0.05) is 24.5 Å². The highest BCUT2D eigenvalue weighted by molar-refractivity contribution is 5.69. The molecule has 1 N–H and O–H groups in total. The molecule has 0 saturated heterocycles. The predicted octanol–water partition coefficient (Wildman–Crippen LogP) is 3.16. The van der Waals surface area contributed by atoms with Crippen LogP contribution in [0.3, 0.4) is 0 Å². The van der Waals surface area contributed by atoms with E-state index in [0.29, 0.717) is 18.5 Å². The van der Waals surface area contributed by atoms with E-state index in [9.17, 15) is 0 Å². The minimum Gasteiger partial charge on any atom is -0.351 e. The fourth-order valence-corrected chi connectivity index (χ4v) is 2.65. The van der Waals surface area contributed by atoms with E-state index >= 15 is 0 Å². The Labute approximate surface area is 119 Å². The second kappa shape index (κ2) is 5.33. The first-order valence-electron chi connectivity index (χ1n) is 6.84. The number of anilines is 3. The lowest BCUT2D eigenvalue weighted by Crippen LogP contribution is -2.25. The topological polar surface area (TPSA) is 41.1 Å². The molecule has 1 unspecified atom stereocenters. The third-order valence-electron chi connectivity index (χ3n) is 3.50. The monoisotopic (exact) mass is 266 g/mol. The molecule has 3 rings (SSSR count). The average molecular weight is 266 g/mol. The second-order valence-corrected chi connectivity index (χ2v) is 4.96. The molecule has 0 radical (unpaired) electrons. The zero-order chi connectivity index (χ0) is 13.9. The van der Waals surface area contributed by atoms with Crippen LogP contribution in [0, 0.1) is 0 Å². The van der Waals surface area contributed by atoms with Gasteiger partial charge in [0.1, 0.15) is 5.82 Å². The number of nitrogens with one attached hydrogen (secondary N) is 1. The van der Waals surface area contributed by atoms with Crippen molar-refractivity contribution in [2.75, 3.05) is 16.8 Å². The lowest BCUT2D eigenvalue weighted by atomic mass is 10.1. The SMILES string of the molecule is C=CCNc1nccc(N2c3ccccc3CC2C)n1. The van der Waals surface area contributed by atoms with Crippen LogP contribution in [0.15, 0.2) is 49.2 Å². The van der Waals surface area contributed by atoms with Crippen LogP contribution < -0.4 is 10.2 Å². The predicted molar refractivity (Wildman–Crippen MR) is 82.5 cm³/mol. The summed E-state index contributed by atoms with van der Waals surface area (Å²) in [7, 11) is 0. The minimum absolute atomic E-state index is 0.412. The molecule has 1 aliphatic heterocycles. The van der Waals surface area contributed by atoms with Crippen molar-refractivity contribution in [1.82, 2.24) is 9.97 Å². The van der Waals surface area contributed by atoms with Gasteiger partial charge in [0.2, 0.25) is 5.95 Å². The molecule has 4 nitrogen and oxygen atoms in total. The molecule has 2 heterocycles. The largest absolute Gasteiger partial charge is 0.351 e. The number of hydrogen-bond donors (Lipinski definition) is 1. The second-order valence-electron chi connectivity index (χ2n) is 4.96. The van der Waals surface area contributed by atoms with Gasteiger partial charge in [-0.25, -0.2) is 4.98 Å². The number of hydrogen-bond acceptors (Lipinski definition) is 4. The maximum atomic E-state index is 4.60. The van der Waals surface area contributed by atoms with Crippen LogP contribution in [0.25, 0.3) is 0 Å². The number of rotatable bonds is 4. The fourth-order valence-electron chi connectivity index (χ4n) is 2.65. The molecule has 0 saturated carbocycles. The summed E-state index contributed by atoms with van der Waals surface area (Å²) < 4.78 is 0. The van der Waals surface area contributed by atoms with E-state index in [2.05, 4.69) is 58.0 Å². The number of aromatic nitrogens is 2. The Bertz CT molecular complexity index is 623. The minimum atomic E-state index is 0.412. The van der Waals surface area contributed by atoms with Gasteiger partial charge in [-0.3, -0.25) is 0 Å². The summed E-state index contributed by atoms with van der Waals surface area (Å²) in [4.78, 5) is 11.1. The van der Waals surface area contributed by atoms with Gasteiger partial charge in [-0.15, -0.1) is 6.58 Å². The highest BCUT2D eigenvalue weighted by atomic mass is 15.3. The van der Waals surface area contributed by atoms with E-state index < -0.39 is 0 Å². The van der Waals surface area contributed by atoms with Crippen LogP contribution >= 0.6 is 0 Å². The summed E-state index contributed by atoms with van der Waals surface area (Å²) >= 11 is 0. The lowest BCUT2D eigenvalue weighted by Gasteiger charge is -2.24. The molecule has 1 aliphatic rings. The fraction of sp³-hybridized carbons (Fsp3) is 0.250. The molecule has 0 aliphatic carbocycles. The van der Waals surface area contributed by atoms with Crippen molar-refractivity contribution in [3.63, 3.8) is 0 Å². The van der Waals surface area contributed by atoms with Gasteiger partial charge < -0.3 is 10.2 Å². The van der Waals surface area contributed by atoms with Gasteiger partial charge >= 0.3 is 0 Å². The molecular weight excluding hydrogens is 248 g/mol. The van der Waals surface area contributed by atoms with Crippen LogP contribution in [0.4, 0.5) is 17.5 Å². The van der Waals surface area contributed by atoms with Crippen molar-refractivity contribution in [3.8, 4) is 0 Å². The smallest absolute Gasteiger partial charge is 0.224 e. The van der Waals surface area contributed by atoms with E-state index in [-0.39, 0.29) is 0 Å². The summed E-state index contributed by atoms with van der Waals surface area (Å²) in [6.07, 6.45) is 4.64. The standard InChI is InChI=1S/C16H18N4/c1-3-9-17-16-18-10-8-15(19-16)20-12(2)11-13-6-4-5-7-14(13)20/h3-8,10,12H,1,9,11H2,2H3,(H,17,18,19). The molecule has 4 heteroatoms. The summed E-state index contributed by atoms with van der Waals surface area (Å²) in [5.74, 6) is 1.57. The molecule has 102 valence electrons. The Kier molecular flexibility index (Phi) is 3.37. The van der Waals surface area contributed by atoms with Crippen LogP contribution in [-0.2, 0) is 6.42 Å². The molecule has 0 bridgehead atoms. The van der Waals surface area contributed by atoms with E-state index in [1.165, 1.54) is 11.3 Å². The third kappa shape index (κ3) is 2.25. The Hall–Kier alpha value is -2.36. The Balaban J connectivity index is 1.94. The Morgan fingerprint density at radius 3 is 3.10 bits per heavy atom. The summed E-state index contributed by atoms with van der Waals surface area (Å²) in [6.45, 7) is 6.57. The quantitative estimate of drug-likeness (QED) is 0.863. The van der Waals surface area contributed by atoms with E-state index in [0.717, 1.165) is 12.2 Å². The number of para-hydroxylation sites is 1. The van der Waals surface area contributed by atoms with Gasteiger partial charge in [0.15, 0.2) is 0 Å². The van der Waals surface area contributed by atoms with Crippen LogP contribution in [0.2, 0.25) is 0 Å². The van der Waals surface area contributed by atoms with Crippen molar-refractivity contribution < 1.29 is 0 Å². The molecule has 20 heavy (non-hydrogen) atoms. The van der Waals surface area contributed by atoms with Crippen molar-refractivity contribution >= 4 is 17.5 Å². The number of fused-ring (bicyclic) bond motifs is 1. The average Bonchev–Trinajstić information content (AvgIpc) is 2.81. The molecule has 0 spiro atoms. The van der Waals surface area contributed by atoms with Crippen LogP contribution in [-0.4, -0.2) is 22.6 Å². The highest BCUT2D eigenvalue weighted by Crippen LogP contribution is 2.37. The van der Waals surface area contributed by atoms with Gasteiger partial charge in [-0.1, -0.05) is 24.3 Å². The van der Waals surface area contributed by atoms with Crippen molar-refractivity contribution in [1.29, 1.82) is 0 Å². The van der Waals surface area contributed by atoms with E-state index in [1.54, 1.807) is 12.3 Å². The van der Waals surface area contributed by atoms with Crippen LogP contribution in [0.5, 0.6) is 0 Å². The summed E-state index contributed by atoms with van der Waals surface area (Å²) in [5, 5.41) is 3.13. The van der Waals surface area contributed by atoms with Gasteiger partial charge in [-0.2, -0.15) is 4.98 Å². The molecule has 1 atom stereocenters. The lowest BCUT2D eigenvalue weighted by molar-refractivity contribution is 0.749. The van der Waals surface area contributed by atoms with Gasteiger partial charge in [-0.05, 0) is 31.0 Å². The first kappa shape index (κ1) is 12.7. The molecule has 2 aromatic rings. The maximum Gasteiger partial charge on any atom is 0.224 e. The normalized spacial score (nSPS) is 16.9. The van der Waals surface area contributed by atoms with E-state index in [1.807, 2.05) is 6.07 Å². The van der Waals surface area contributed by atoms with Crippen molar-refractivity contribution in [3.05, 3.63) is 54.7 Å². The maximum absolute atomic E-state index is 4.60. The number of benzene rings is 1. The molecule has 1 aromatic heterocycles. The zero-order valence-corrected chi connectivity index (χ0v) is 11.6. The summed E-state index contributed by atoms with van der Waals surface area (Å²) in [6, 6.07) is 10.9. The van der Waals surface area contributed by atoms with Crippen molar-refractivity contribution in [2.45, 2.75) is 19.4 Å². The first-order chi connectivity index (χ1) is 9.79. The van der Waals surface area contributed by atoms with Crippen molar-refractivity contribution in [2.24, 2.45) is 0 Å². The van der Waals surface area contributed by atoms with Gasteiger partial charge in [0.05, 0.1) is 0 Å². The highest BCUT2D eigenvalue weighted by Gasteiger charge is 2.27. The third-order valence-corrected chi connectivity index (χ3v) is 3.50. The van der Waals surface area contributed by atoms with Gasteiger partial charge in [0.25, 0.3) is 0 Å². The molecular formula is C16H18N4. The molecule has 0 amide bonds. The Morgan fingerprint density at radius 1 is 1.40 bits per heavy atom. The first-order valence-corrected chi connectivity index (χ1v) is 6.84. The number of nitrogens with zero attached hydrogens (tertiary/aromatic N) is 3. The van der Waals surface area contributed by atoms with Crippen LogP contribution in [0.1, 0.15) is 12.5 Å². The zero-order valence-electron chi connectivity index (χ0n) is 11.6. The van der Waals surface area contributed by atoms with E-state index in [4.69, 9.17) is 0 Å².